The van der Waals surface area contributed by atoms with E-state index < -0.39 is 0 Å². The van der Waals surface area contributed by atoms with Crippen LogP contribution < -0.4 is 0 Å². The van der Waals surface area contributed by atoms with Crippen LogP contribution in [0.25, 0.3) is 6.08 Å². The van der Waals surface area contributed by atoms with Gasteiger partial charge in [-0.1, -0.05) is 36.4 Å². The van der Waals surface area contributed by atoms with Gasteiger partial charge in [0.2, 0.25) is 0 Å². The molecule has 0 bridgehead atoms. The number of carbonyl (C=O) groups is 2. The molecule has 0 aliphatic carbocycles. The molecule has 4 aromatic rings. The van der Waals surface area contributed by atoms with Gasteiger partial charge in [0, 0.05) is 47.3 Å². The van der Waals surface area contributed by atoms with Crippen molar-refractivity contribution in [3.63, 3.8) is 0 Å². The normalized spacial score (nSPS) is 12.4. The van der Waals surface area contributed by atoms with Gasteiger partial charge in [0.15, 0.2) is 11.6 Å². The Morgan fingerprint density at radius 2 is 1.80 bits per heavy atom. The molecule has 0 radical (unpaired) electrons. The molecule has 0 amide bonds. The number of hydrogen-bond donors (Lipinski definition) is 0. The third-order valence-corrected chi connectivity index (χ3v) is 6.04. The van der Waals surface area contributed by atoms with Gasteiger partial charge in [0.1, 0.15) is 0 Å². The van der Waals surface area contributed by atoms with Gasteiger partial charge in [-0.3, -0.25) is 24.5 Å². The fraction of sp³-hybridized carbons (Fsp3) is 0.100. The summed E-state index contributed by atoms with van der Waals surface area (Å²) < 4.78 is 0. The monoisotopic (exact) mass is 457 g/mol. The Labute approximate surface area is 203 Å². The topological polar surface area (TPSA) is 72.3 Å². The van der Waals surface area contributed by atoms with Crippen LogP contribution >= 0.6 is 0 Å². The molecule has 1 aliphatic heterocycles. The van der Waals surface area contributed by atoms with Crippen LogP contribution in [0.3, 0.4) is 0 Å². The highest BCUT2D eigenvalue weighted by molar-refractivity contribution is 6.14. The van der Waals surface area contributed by atoms with Crippen molar-refractivity contribution in [1.82, 2.24) is 9.97 Å². The van der Waals surface area contributed by atoms with E-state index in [-0.39, 0.29) is 18.0 Å². The standard InChI is InChI=1S/C30H23N3O2/c1-20-18-31-14-12-26(20)29(34)16-21-5-4-6-22(15-21)30(35)23-8-10-27-24(17-23)19-33-28(27)11-9-25-7-2-3-13-32-25/h2-15,17-18H,16,19H2,1H3/b11-9+. The van der Waals surface area contributed by atoms with E-state index in [0.717, 1.165) is 33.7 Å². The summed E-state index contributed by atoms with van der Waals surface area (Å²) in [5.41, 5.74) is 7.30. The molecule has 0 unspecified atom stereocenters. The number of carbonyl (C=O) groups excluding carboxylic acids is 2. The lowest BCUT2D eigenvalue weighted by Gasteiger charge is -2.08. The molecule has 35 heavy (non-hydrogen) atoms. The zero-order valence-electron chi connectivity index (χ0n) is 19.3. The van der Waals surface area contributed by atoms with Crippen LogP contribution in [-0.4, -0.2) is 27.2 Å². The van der Waals surface area contributed by atoms with Crippen LogP contribution in [0, 0.1) is 6.92 Å². The molecule has 5 nitrogen and oxygen atoms in total. The minimum absolute atomic E-state index is 0.00969. The number of fused-ring (bicyclic) bond motifs is 1. The molecular formula is C30H23N3O2. The number of rotatable bonds is 7. The highest BCUT2D eigenvalue weighted by atomic mass is 16.1. The second-order valence-electron chi connectivity index (χ2n) is 8.48. The highest BCUT2D eigenvalue weighted by Crippen LogP contribution is 2.23. The maximum absolute atomic E-state index is 13.2. The van der Waals surface area contributed by atoms with Crippen LogP contribution in [0.5, 0.6) is 0 Å². The third-order valence-electron chi connectivity index (χ3n) is 6.04. The maximum Gasteiger partial charge on any atom is 0.193 e. The predicted molar refractivity (Wildman–Crippen MR) is 137 cm³/mol. The molecule has 0 saturated carbocycles. The van der Waals surface area contributed by atoms with Gasteiger partial charge in [-0.15, -0.1) is 0 Å². The first-order valence-electron chi connectivity index (χ1n) is 11.4. The van der Waals surface area contributed by atoms with Crippen LogP contribution in [0.2, 0.25) is 0 Å². The summed E-state index contributed by atoms with van der Waals surface area (Å²) in [4.78, 5) is 39.0. The SMILES string of the molecule is Cc1cnccc1C(=O)Cc1cccc(C(=O)c2ccc3c(c2)CN=C3/C=C/c2ccccn2)c1. The Balaban J connectivity index is 1.32. The Hall–Kier alpha value is -4.51. The molecule has 1 aliphatic rings. The number of pyridine rings is 2. The van der Waals surface area contributed by atoms with E-state index in [4.69, 9.17) is 0 Å². The zero-order valence-corrected chi connectivity index (χ0v) is 19.3. The number of nitrogens with zero attached hydrogens (tertiary/aromatic N) is 3. The molecule has 0 saturated heterocycles. The van der Waals surface area contributed by atoms with Gasteiger partial charge < -0.3 is 0 Å². The predicted octanol–water partition coefficient (Wildman–Crippen LogP) is 5.46. The smallest absolute Gasteiger partial charge is 0.193 e. The summed E-state index contributed by atoms with van der Waals surface area (Å²) in [5, 5.41) is 0. The number of aromatic nitrogens is 2. The Bertz CT molecular complexity index is 1490. The molecule has 0 fully saturated rings. The highest BCUT2D eigenvalue weighted by Gasteiger charge is 2.18. The average molecular weight is 458 g/mol. The van der Waals surface area contributed by atoms with Crippen molar-refractivity contribution in [1.29, 1.82) is 0 Å². The van der Waals surface area contributed by atoms with E-state index in [1.165, 1.54) is 0 Å². The molecule has 0 spiro atoms. The van der Waals surface area contributed by atoms with E-state index in [1.807, 2.05) is 73.7 Å². The van der Waals surface area contributed by atoms with Gasteiger partial charge in [0.05, 0.1) is 18.0 Å². The fourth-order valence-corrected chi connectivity index (χ4v) is 4.21. The summed E-state index contributed by atoms with van der Waals surface area (Å²) in [6.45, 7) is 2.41. The number of benzene rings is 2. The Morgan fingerprint density at radius 3 is 2.63 bits per heavy atom. The van der Waals surface area contributed by atoms with Crippen molar-refractivity contribution in [3.05, 3.63) is 136 Å². The number of aliphatic imine (C=N–C) groups is 1. The average Bonchev–Trinajstić information content (AvgIpc) is 3.30. The van der Waals surface area contributed by atoms with Crippen LogP contribution in [-0.2, 0) is 13.0 Å². The summed E-state index contributed by atoms with van der Waals surface area (Å²) in [7, 11) is 0. The molecule has 2 aromatic carbocycles. The number of ketones is 2. The van der Waals surface area contributed by atoms with Crippen molar-refractivity contribution < 1.29 is 9.59 Å². The first-order chi connectivity index (χ1) is 17.1. The van der Waals surface area contributed by atoms with Crippen molar-refractivity contribution in [2.24, 2.45) is 4.99 Å². The molecule has 0 N–H and O–H groups in total. The number of aryl methyl sites for hydroxylation is 1. The third kappa shape index (κ3) is 4.89. The lowest BCUT2D eigenvalue weighted by Crippen LogP contribution is -2.08. The van der Waals surface area contributed by atoms with Crippen molar-refractivity contribution in [2.45, 2.75) is 19.9 Å². The van der Waals surface area contributed by atoms with Crippen molar-refractivity contribution in [2.75, 3.05) is 0 Å². The zero-order chi connectivity index (χ0) is 24.2. The van der Waals surface area contributed by atoms with Crippen molar-refractivity contribution in [3.8, 4) is 0 Å². The lowest BCUT2D eigenvalue weighted by molar-refractivity contribution is 0.0989. The van der Waals surface area contributed by atoms with Gasteiger partial charge in [0.25, 0.3) is 0 Å². The second-order valence-corrected chi connectivity index (χ2v) is 8.48. The largest absolute Gasteiger partial charge is 0.294 e. The van der Waals surface area contributed by atoms with Gasteiger partial charge in [-0.2, -0.15) is 0 Å². The lowest BCUT2D eigenvalue weighted by atomic mass is 9.95. The Morgan fingerprint density at radius 1 is 0.914 bits per heavy atom. The molecular weight excluding hydrogens is 434 g/mol. The summed E-state index contributed by atoms with van der Waals surface area (Å²) in [5.74, 6) is -0.0601. The quantitative estimate of drug-likeness (QED) is 0.346. The molecule has 3 heterocycles. The summed E-state index contributed by atoms with van der Waals surface area (Å²) in [6, 6.07) is 20.5. The molecule has 0 atom stereocenters. The van der Waals surface area contributed by atoms with Crippen molar-refractivity contribution >= 4 is 23.4 Å². The number of allylic oxidation sites excluding steroid dienone is 1. The van der Waals surface area contributed by atoms with E-state index in [0.29, 0.717) is 23.2 Å². The fourth-order valence-electron chi connectivity index (χ4n) is 4.21. The molecule has 170 valence electrons. The number of Topliss-reactive ketones (excluding diaryl/α,β-unsaturated/α-hetero) is 1. The maximum atomic E-state index is 13.2. The molecule has 5 heteroatoms. The minimum atomic E-state index is -0.0698. The molecule has 2 aromatic heterocycles. The molecule has 5 rings (SSSR count). The first-order valence-corrected chi connectivity index (χ1v) is 11.4. The van der Waals surface area contributed by atoms with E-state index in [1.54, 1.807) is 30.7 Å². The van der Waals surface area contributed by atoms with Crippen LogP contribution in [0.4, 0.5) is 0 Å². The van der Waals surface area contributed by atoms with E-state index in [9.17, 15) is 9.59 Å². The second kappa shape index (κ2) is 9.77. The van der Waals surface area contributed by atoms with Gasteiger partial charge >= 0.3 is 0 Å². The minimum Gasteiger partial charge on any atom is -0.294 e. The van der Waals surface area contributed by atoms with Crippen LogP contribution in [0.1, 0.15) is 54.2 Å². The van der Waals surface area contributed by atoms with Gasteiger partial charge in [-0.25, -0.2) is 0 Å². The van der Waals surface area contributed by atoms with Crippen LogP contribution in [0.15, 0.2) is 96.4 Å². The van der Waals surface area contributed by atoms with E-state index >= 15 is 0 Å². The van der Waals surface area contributed by atoms with Gasteiger partial charge in [-0.05, 0) is 66.1 Å². The first kappa shape index (κ1) is 22.3. The van der Waals surface area contributed by atoms with E-state index in [2.05, 4.69) is 15.0 Å². The Kier molecular flexibility index (Phi) is 6.22. The summed E-state index contributed by atoms with van der Waals surface area (Å²) in [6.07, 6.45) is 9.19. The summed E-state index contributed by atoms with van der Waals surface area (Å²) >= 11 is 0. The number of hydrogen-bond acceptors (Lipinski definition) is 5.